The van der Waals surface area contributed by atoms with Crippen LogP contribution in [-0.2, 0) is 15.4 Å². The van der Waals surface area contributed by atoms with E-state index >= 15 is 0 Å². The lowest BCUT2D eigenvalue weighted by Gasteiger charge is -2.20. The van der Waals surface area contributed by atoms with Gasteiger partial charge in [-0.2, -0.15) is 0 Å². The fourth-order valence-corrected chi connectivity index (χ4v) is 2.60. The summed E-state index contributed by atoms with van der Waals surface area (Å²) in [7, 11) is -3.75. The number of rotatable bonds is 1. The van der Waals surface area contributed by atoms with Gasteiger partial charge in [0.2, 0.25) is 10.0 Å². The summed E-state index contributed by atoms with van der Waals surface area (Å²) in [6.07, 6.45) is 3.17. The number of sulfonamides is 1. The van der Waals surface area contributed by atoms with Crippen LogP contribution in [0.1, 0.15) is 26.3 Å². The third kappa shape index (κ3) is 2.37. The van der Waals surface area contributed by atoms with E-state index in [2.05, 4.69) is 4.98 Å². The number of fused-ring (bicyclic) bond motifs is 1. The Morgan fingerprint density at radius 3 is 2.44 bits per heavy atom. The van der Waals surface area contributed by atoms with Gasteiger partial charge in [0.25, 0.3) is 0 Å². The molecule has 0 fully saturated rings. The fourth-order valence-electron chi connectivity index (χ4n) is 1.83. The monoisotopic (exact) mass is 264 g/mol. The third-order valence-corrected chi connectivity index (χ3v) is 3.84. The summed E-state index contributed by atoms with van der Waals surface area (Å²) in [4.78, 5) is 4.10. The van der Waals surface area contributed by atoms with Gasteiger partial charge in [0.1, 0.15) is 0 Å². The molecule has 2 aromatic rings. The van der Waals surface area contributed by atoms with Crippen molar-refractivity contribution in [3.8, 4) is 0 Å². The van der Waals surface area contributed by atoms with Gasteiger partial charge < -0.3 is 0 Å². The Labute approximate surface area is 107 Å². The molecule has 0 bridgehead atoms. The minimum absolute atomic E-state index is 0.137. The number of hydrogen-bond donors (Lipinski definition) is 1. The zero-order valence-corrected chi connectivity index (χ0v) is 11.5. The van der Waals surface area contributed by atoms with Crippen molar-refractivity contribution in [3.05, 3.63) is 36.2 Å². The van der Waals surface area contributed by atoms with Crippen LogP contribution in [0.2, 0.25) is 0 Å². The molecule has 0 aliphatic carbocycles. The molecule has 0 amide bonds. The smallest absolute Gasteiger partial charge is 0.238 e. The summed E-state index contributed by atoms with van der Waals surface area (Å²) < 4.78 is 23.4. The van der Waals surface area contributed by atoms with Gasteiger partial charge in [0, 0.05) is 17.8 Å². The minimum atomic E-state index is -3.75. The Balaban J connectivity index is 2.90. The molecule has 0 spiro atoms. The SMILES string of the molecule is CC(C)(C)c1cc(S(N)(=O)=O)c2cnccc2c1. The normalized spacial score (nSPS) is 12.9. The van der Waals surface area contributed by atoms with Gasteiger partial charge in [-0.05, 0) is 28.5 Å². The Morgan fingerprint density at radius 1 is 1.22 bits per heavy atom. The van der Waals surface area contributed by atoms with E-state index in [0.717, 1.165) is 10.9 Å². The van der Waals surface area contributed by atoms with Crippen LogP contribution in [0.25, 0.3) is 10.8 Å². The summed E-state index contributed by atoms with van der Waals surface area (Å²) in [5.74, 6) is 0. The van der Waals surface area contributed by atoms with E-state index in [1.807, 2.05) is 26.8 Å². The highest BCUT2D eigenvalue weighted by Crippen LogP contribution is 2.30. The third-order valence-electron chi connectivity index (χ3n) is 2.89. The van der Waals surface area contributed by atoms with E-state index in [9.17, 15) is 8.42 Å². The summed E-state index contributed by atoms with van der Waals surface area (Å²) in [5, 5.41) is 6.68. The van der Waals surface area contributed by atoms with E-state index in [4.69, 9.17) is 5.14 Å². The molecule has 0 radical (unpaired) electrons. The largest absolute Gasteiger partial charge is 0.264 e. The van der Waals surface area contributed by atoms with Gasteiger partial charge >= 0.3 is 0 Å². The van der Waals surface area contributed by atoms with Gasteiger partial charge in [0.15, 0.2) is 0 Å². The van der Waals surface area contributed by atoms with Crippen LogP contribution in [0.3, 0.4) is 0 Å². The highest BCUT2D eigenvalue weighted by molar-refractivity contribution is 7.89. The van der Waals surface area contributed by atoms with Gasteiger partial charge in [-0.3, -0.25) is 4.98 Å². The van der Waals surface area contributed by atoms with Gasteiger partial charge in [-0.15, -0.1) is 0 Å². The maximum atomic E-state index is 11.7. The van der Waals surface area contributed by atoms with Crippen LogP contribution in [0, 0.1) is 0 Å². The Morgan fingerprint density at radius 2 is 1.89 bits per heavy atom. The van der Waals surface area contributed by atoms with Crippen molar-refractivity contribution in [3.63, 3.8) is 0 Å². The fraction of sp³-hybridized carbons (Fsp3) is 0.308. The van der Waals surface area contributed by atoms with E-state index in [1.54, 1.807) is 18.3 Å². The zero-order valence-electron chi connectivity index (χ0n) is 10.6. The molecule has 0 aliphatic heterocycles. The summed E-state index contributed by atoms with van der Waals surface area (Å²) in [5.41, 5.74) is 0.793. The van der Waals surface area contributed by atoms with E-state index in [1.165, 1.54) is 6.20 Å². The number of aromatic nitrogens is 1. The molecule has 2 rings (SSSR count). The lowest BCUT2D eigenvalue weighted by molar-refractivity contribution is 0.585. The molecule has 2 N–H and O–H groups in total. The standard InChI is InChI=1S/C13H16N2O2S/c1-13(2,3)10-6-9-4-5-15-8-11(9)12(7-10)18(14,16)17/h4-8H,1-3H3,(H2,14,16,17). The van der Waals surface area contributed by atoms with Crippen LogP contribution < -0.4 is 5.14 Å². The topological polar surface area (TPSA) is 73.1 Å². The van der Waals surface area contributed by atoms with Gasteiger partial charge in [0.05, 0.1) is 4.90 Å². The predicted octanol–water partition coefficient (Wildman–Crippen LogP) is 2.18. The second-order valence-electron chi connectivity index (χ2n) is 5.37. The Kier molecular flexibility index (Phi) is 2.91. The Bertz CT molecular complexity index is 700. The van der Waals surface area contributed by atoms with Crippen molar-refractivity contribution in [1.29, 1.82) is 0 Å². The Hall–Kier alpha value is -1.46. The van der Waals surface area contributed by atoms with Crippen molar-refractivity contribution < 1.29 is 8.42 Å². The molecule has 96 valence electrons. The highest BCUT2D eigenvalue weighted by atomic mass is 32.2. The molecule has 1 heterocycles. The molecular formula is C13H16N2O2S. The van der Waals surface area contributed by atoms with Crippen LogP contribution in [0.5, 0.6) is 0 Å². The van der Waals surface area contributed by atoms with Crippen LogP contribution in [0.4, 0.5) is 0 Å². The maximum Gasteiger partial charge on any atom is 0.238 e. The molecule has 0 saturated heterocycles. The van der Waals surface area contributed by atoms with E-state index in [0.29, 0.717) is 5.39 Å². The summed E-state index contributed by atoms with van der Waals surface area (Å²) >= 11 is 0. The summed E-state index contributed by atoms with van der Waals surface area (Å²) in [6.45, 7) is 6.09. The van der Waals surface area contributed by atoms with E-state index in [-0.39, 0.29) is 10.3 Å². The van der Waals surface area contributed by atoms with Crippen molar-refractivity contribution in [2.45, 2.75) is 31.1 Å². The average Bonchev–Trinajstić information content (AvgIpc) is 2.25. The van der Waals surface area contributed by atoms with Gasteiger partial charge in [-0.25, -0.2) is 13.6 Å². The van der Waals surface area contributed by atoms with E-state index < -0.39 is 10.0 Å². The minimum Gasteiger partial charge on any atom is -0.264 e. The zero-order chi connectivity index (χ0) is 13.6. The van der Waals surface area contributed by atoms with Crippen LogP contribution in [-0.4, -0.2) is 13.4 Å². The number of primary sulfonamides is 1. The predicted molar refractivity (Wildman–Crippen MR) is 71.8 cm³/mol. The molecule has 1 aromatic carbocycles. The first kappa shape index (κ1) is 13.0. The number of hydrogen-bond acceptors (Lipinski definition) is 3. The molecule has 0 saturated carbocycles. The molecule has 1 aromatic heterocycles. The first-order valence-electron chi connectivity index (χ1n) is 5.60. The quantitative estimate of drug-likeness (QED) is 0.858. The number of nitrogens with two attached hydrogens (primary N) is 1. The first-order valence-corrected chi connectivity index (χ1v) is 7.15. The number of nitrogens with zero attached hydrogens (tertiary/aromatic N) is 1. The molecule has 18 heavy (non-hydrogen) atoms. The number of benzene rings is 1. The molecule has 0 unspecified atom stereocenters. The van der Waals surface area contributed by atoms with Gasteiger partial charge in [-0.1, -0.05) is 26.8 Å². The molecule has 5 heteroatoms. The van der Waals surface area contributed by atoms with Crippen molar-refractivity contribution in [2.24, 2.45) is 5.14 Å². The first-order chi connectivity index (χ1) is 8.19. The molecule has 4 nitrogen and oxygen atoms in total. The van der Waals surface area contributed by atoms with Crippen LogP contribution >= 0.6 is 0 Å². The lowest BCUT2D eigenvalue weighted by atomic mass is 9.86. The lowest BCUT2D eigenvalue weighted by Crippen LogP contribution is -2.16. The average molecular weight is 264 g/mol. The second kappa shape index (κ2) is 4.03. The van der Waals surface area contributed by atoms with Crippen molar-refractivity contribution in [2.75, 3.05) is 0 Å². The van der Waals surface area contributed by atoms with Crippen molar-refractivity contribution >= 4 is 20.8 Å². The highest BCUT2D eigenvalue weighted by Gasteiger charge is 2.20. The van der Waals surface area contributed by atoms with Crippen LogP contribution in [0.15, 0.2) is 35.5 Å². The second-order valence-corrected chi connectivity index (χ2v) is 6.90. The molecule has 0 aliphatic rings. The molecule has 0 atom stereocenters. The summed E-state index contributed by atoms with van der Waals surface area (Å²) in [6, 6.07) is 5.41. The number of pyridine rings is 1. The van der Waals surface area contributed by atoms with Crippen molar-refractivity contribution in [1.82, 2.24) is 4.98 Å². The maximum absolute atomic E-state index is 11.7. The molecular weight excluding hydrogens is 248 g/mol.